The number of fused-ring (bicyclic) bond motifs is 9. The van der Waals surface area contributed by atoms with Gasteiger partial charge in [0.25, 0.3) is 6.71 Å². The number of hydrogen-bond acceptors (Lipinski definition) is 3. The Balaban J connectivity index is 1.32. The van der Waals surface area contributed by atoms with E-state index in [0.29, 0.717) is 0 Å². The number of rotatable bonds is 2. The third-order valence-corrected chi connectivity index (χ3v) is 20.1. The van der Waals surface area contributed by atoms with Crippen LogP contribution in [0.5, 0.6) is 0 Å². The Morgan fingerprint density at radius 1 is 0.435 bits per heavy atom. The number of aryl methyl sites for hydroxylation is 1. The molecule has 0 radical (unpaired) electrons. The van der Waals surface area contributed by atoms with E-state index >= 15 is 0 Å². The molecule has 2 aliphatic heterocycles. The van der Waals surface area contributed by atoms with E-state index in [-0.39, 0.29) is 50.0 Å². The van der Waals surface area contributed by atoms with Gasteiger partial charge in [-0.1, -0.05) is 149 Å². The van der Waals surface area contributed by atoms with Gasteiger partial charge in [-0.25, -0.2) is 0 Å². The molecule has 69 heavy (non-hydrogen) atoms. The minimum Gasteiger partial charge on any atom is -0.311 e. The Morgan fingerprint density at radius 2 is 0.855 bits per heavy atom. The molecular formula is C65H81BN2S. The molecule has 11 rings (SSSR count). The van der Waals surface area contributed by atoms with Gasteiger partial charge in [0.05, 0.1) is 5.00 Å². The summed E-state index contributed by atoms with van der Waals surface area (Å²) < 4.78 is 1.42. The van der Waals surface area contributed by atoms with Crippen LogP contribution < -0.4 is 26.2 Å². The summed E-state index contributed by atoms with van der Waals surface area (Å²) in [6, 6.07) is 31.0. The maximum Gasteiger partial charge on any atom is 0.254 e. The summed E-state index contributed by atoms with van der Waals surface area (Å²) in [7, 11) is 0. The first kappa shape index (κ1) is 47.1. The van der Waals surface area contributed by atoms with Crippen molar-refractivity contribution in [3.63, 3.8) is 0 Å². The van der Waals surface area contributed by atoms with Crippen molar-refractivity contribution in [3.8, 4) is 0 Å². The lowest BCUT2D eigenvalue weighted by molar-refractivity contribution is 0.331. The maximum atomic E-state index is 2.79. The zero-order chi connectivity index (χ0) is 49.7. The van der Waals surface area contributed by atoms with Crippen molar-refractivity contribution >= 4 is 78.0 Å². The van der Waals surface area contributed by atoms with Crippen LogP contribution in [0.15, 0.2) is 72.8 Å². The van der Waals surface area contributed by atoms with E-state index in [0.717, 1.165) is 0 Å². The summed E-state index contributed by atoms with van der Waals surface area (Å²) in [5.74, 6) is 0. The SMILES string of the molecule is Cc1cc2c(cc1N1c3cc4c(cc3B3c5c1cc(C(C)(C)C)cc5N(c1ccc(C(C)(C)C)cc1)c1sc5cc6c(cc5c13)C(C)(C)CCC6(C)C)C(C)(C)CCC4(C)C)C(C)(C)CCC2(C)C. The molecule has 0 N–H and O–H groups in total. The van der Waals surface area contributed by atoms with Crippen LogP contribution in [0.4, 0.5) is 33.4 Å². The van der Waals surface area contributed by atoms with Crippen LogP contribution in [0.25, 0.3) is 10.1 Å². The Morgan fingerprint density at radius 3 is 1.35 bits per heavy atom. The minimum atomic E-state index is -0.0931. The van der Waals surface area contributed by atoms with Gasteiger partial charge in [0.2, 0.25) is 0 Å². The summed E-state index contributed by atoms with van der Waals surface area (Å²) >= 11 is 2.04. The lowest BCUT2D eigenvalue weighted by Crippen LogP contribution is -2.61. The molecule has 0 saturated heterocycles. The third kappa shape index (κ3) is 6.96. The average Bonchev–Trinajstić information content (AvgIpc) is 3.62. The molecule has 2 nitrogen and oxygen atoms in total. The second-order valence-corrected chi connectivity index (χ2v) is 29.8. The van der Waals surface area contributed by atoms with Crippen molar-refractivity contribution < 1.29 is 0 Å². The first-order chi connectivity index (χ1) is 31.8. The maximum absolute atomic E-state index is 2.79. The quantitative estimate of drug-likeness (QED) is 0.159. The van der Waals surface area contributed by atoms with Gasteiger partial charge in [0.15, 0.2) is 0 Å². The Kier molecular flexibility index (Phi) is 9.86. The van der Waals surface area contributed by atoms with Gasteiger partial charge < -0.3 is 9.80 Å². The predicted octanol–water partition coefficient (Wildman–Crippen LogP) is 16.9. The Bertz CT molecular complexity index is 3150. The van der Waals surface area contributed by atoms with Crippen molar-refractivity contribution in [1.82, 2.24) is 0 Å². The number of hydrogen-bond donors (Lipinski definition) is 0. The minimum absolute atomic E-state index is 0.0561. The molecule has 5 aliphatic rings. The second kappa shape index (κ2) is 14.4. The van der Waals surface area contributed by atoms with Gasteiger partial charge in [-0.15, -0.1) is 11.3 Å². The van der Waals surface area contributed by atoms with Crippen LogP contribution >= 0.6 is 11.3 Å². The summed E-state index contributed by atoms with van der Waals surface area (Å²) in [5, 5.41) is 2.83. The molecule has 3 aliphatic carbocycles. The van der Waals surface area contributed by atoms with Gasteiger partial charge in [0.1, 0.15) is 0 Å². The highest BCUT2D eigenvalue weighted by atomic mass is 32.1. The molecular weight excluding hydrogens is 852 g/mol. The first-order valence-electron chi connectivity index (χ1n) is 26.7. The normalized spacial score (nSPS) is 20.9. The van der Waals surface area contributed by atoms with E-state index in [1.807, 2.05) is 11.3 Å². The molecule has 0 fully saturated rings. The standard InChI is InChI=1S/C65H81BN2S/c1-38-30-43-46(63(14,15)27-24-60(43,8)9)35-50(38)68-51-36-47-45(62(12,13)26-28-64(47,16)17)34-49(51)66-55-42-33-44-48(65(18,19)29-25-61(44,10)11)37-54(42)69-57(55)67(41-22-20-39(21-23-41)58(2,3)4)52-31-40(59(5,6)7)32-53(68)56(52)66/h20-23,30-37H,24-29H2,1-19H3. The molecule has 0 bridgehead atoms. The van der Waals surface area contributed by atoms with Crippen LogP contribution in [0, 0.1) is 6.92 Å². The van der Waals surface area contributed by atoms with Gasteiger partial charge in [-0.05, 0) is 209 Å². The summed E-state index contributed by atoms with van der Waals surface area (Å²) in [4.78, 5) is 5.51. The van der Waals surface area contributed by atoms with E-state index in [4.69, 9.17) is 0 Å². The molecule has 6 aromatic rings. The van der Waals surface area contributed by atoms with Crippen LogP contribution in [-0.4, -0.2) is 6.71 Å². The van der Waals surface area contributed by atoms with Crippen LogP contribution in [0.1, 0.15) is 213 Å². The Hall–Kier alpha value is -4.28. The lowest BCUT2D eigenvalue weighted by atomic mass is 9.33. The molecule has 0 amide bonds. The smallest absolute Gasteiger partial charge is 0.254 e. The fourth-order valence-electron chi connectivity index (χ4n) is 13.6. The van der Waals surface area contributed by atoms with E-state index in [1.165, 1.54) is 132 Å². The zero-order valence-corrected chi connectivity index (χ0v) is 46.9. The summed E-state index contributed by atoms with van der Waals surface area (Å²) in [5.41, 5.74) is 24.8. The lowest BCUT2D eigenvalue weighted by Gasteiger charge is -2.48. The van der Waals surface area contributed by atoms with Crippen molar-refractivity contribution in [2.24, 2.45) is 0 Å². The predicted molar refractivity (Wildman–Crippen MR) is 304 cm³/mol. The topological polar surface area (TPSA) is 6.48 Å². The van der Waals surface area contributed by atoms with Crippen LogP contribution in [0.3, 0.4) is 0 Å². The number of benzene rings is 5. The largest absolute Gasteiger partial charge is 0.311 e. The van der Waals surface area contributed by atoms with E-state index in [2.05, 4.69) is 214 Å². The van der Waals surface area contributed by atoms with E-state index in [9.17, 15) is 0 Å². The van der Waals surface area contributed by atoms with Crippen molar-refractivity contribution in [2.75, 3.05) is 9.80 Å². The fraction of sp³-hybridized carbons (Fsp3) is 0.508. The molecule has 0 saturated carbocycles. The highest BCUT2D eigenvalue weighted by Gasteiger charge is 2.50. The van der Waals surface area contributed by atoms with E-state index < -0.39 is 0 Å². The summed E-state index contributed by atoms with van der Waals surface area (Å²) in [6.07, 6.45) is 7.18. The number of nitrogens with zero attached hydrogens (tertiary/aromatic N) is 2. The fourth-order valence-corrected chi connectivity index (χ4v) is 14.9. The highest BCUT2D eigenvalue weighted by Crippen LogP contribution is 2.56. The van der Waals surface area contributed by atoms with Gasteiger partial charge in [0, 0.05) is 33.1 Å². The van der Waals surface area contributed by atoms with Crippen LogP contribution in [0.2, 0.25) is 0 Å². The molecule has 0 unspecified atom stereocenters. The van der Waals surface area contributed by atoms with Gasteiger partial charge in [-0.3, -0.25) is 0 Å². The number of thiophene rings is 1. The van der Waals surface area contributed by atoms with Gasteiger partial charge in [-0.2, -0.15) is 0 Å². The molecule has 360 valence electrons. The molecule has 3 heterocycles. The summed E-state index contributed by atoms with van der Waals surface area (Å²) in [6.45, 7) is 46.7. The monoisotopic (exact) mass is 933 g/mol. The van der Waals surface area contributed by atoms with Crippen molar-refractivity contribution in [1.29, 1.82) is 0 Å². The van der Waals surface area contributed by atoms with Crippen molar-refractivity contribution in [3.05, 3.63) is 123 Å². The van der Waals surface area contributed by atoms with E-state index in [1.54, 1.807) is 16.7 Å². The number of anilines is 6. The molecule has 1 aromatic heterocycles. The first-order valence-corrected chi connectivity index (χ1v) is 27.5. The zero-order valence-electron chi connectivity index (χ0n) is 46.1. The second-order valence-electron chi connectivity index (χ2n) is 28.7. The average molecular weight is 933 g/mol. The van der Waals surface area contributed by atoms with Crippen molar-refractivity contribution in [2.45, 2.75) is 213 Å². The molecule has 4 heteroatoms. The van der Waals surface area contributed by atoms with Gasteiger partial charge >= 0.3 is 0 Å². The highest BCUT2D eigenvalue weighted by molar-refractivity contribution is 7.26. The van der Waals surface area contributed by atoms with Crippen LogP contribution in [-0.2, 0) is 43.3 Å². The third-order valence-electron chi connectivity index (χ3n) is 18.9. The molecule has 0 atom stereocenters. The molecule has 5 aromatic carbocycles. The molecule has 0 spiro atoms. The Labute approximate surface area is 421 Å².